The summed E-state index contributed by atoms with van der Waals surface area (Å²) in [4.78, 5) is 11.1. The standard InChI is InChI=1S/C6H10N4O/c7-3-1-8-2-4-5(3)6(11)10-9-4/h3,8H,1-2,7H2,(H2,9,10,11). The summed E-state index contributed by atoms with van der Waals surface area (Å²) in [6, 6.07) is -0.172. The number of H-pyrrole nitrogens is 2. The highest BCUT2D eigenvalue weighted by Gasteiger charge is 2.20. The fraction of sp³-hybridized carbons (Fsp3) is 0.500. The van der Waals surface area contributed by atoms with E-state index in [1.54, 1.807) is 0 Å². The van der Waals surface area contributed by atoms with Gasteiger partial charge in [0.25, 0.3) is 5.56 Å². The van der Waals surface area contributed by atoms with Crippen LogP contribution in [0.4, 0.5) is 0 Å². The Bertz CT molecular complexity index is 313. The van der Waals surface area contributed by atoms with Crippen molar-refractivity contribution < 1.29 is 0 Å². The molecule has 0 bridgehead atoms. The molecule has 0 aromatic carbocycles. The molecule has 0 aliphatic carbocycles. The molecule has 2 heterocycles. The van der Waals surface area contributed by atoms with E-state index in [1.165, 1.54) is 0 Å². The maximum Gasteiger partial charge on any atom is 0.269 e. The topological polar surface area (TPSA) is 86.7 Å². The second kappa shape index (κ2) is 2.21. The molecule has 0 spiro atoms. The Kier molecular flexibility index (Phi) is 1.33. The van der Waals surface area contributed by atoms with Crippen LogP contribution in [-0.2, 0) is 6.54 Å². The summed E-state index contributed by atoms with van der Waals surface area (Å²) in [5.74, 6) is 0. The summed E-state index contributed by atoms with van der Waals surface area (Å²) in [7, 11) is 0. The van der Waals surface area contributed by atoms with Crippen molar-refractivity contribution in [2.24, 2.45) is 5.73 Å². The first kappa shape index (κ1) is 6.63. The van der Waals surface area contributed by atoms with Crippen molar-refractivity contribution in [2.45, 2.75) is 12.6 Å². The number of rotatable bonds is 0. The second-order valence-electron chi connectivity index (χ2n) is 2.71. The molecule has 0 fully saturated rings. The molecular weight excluding hydrogens is 144 g/mol. The van der Waals surface area contributed by atoms with E-state index >= 15 is 0 Å². The number of hydrogen-bond acceptors (Lipinski definition) is 3. The highest BCUT2D eigenvalue weighted by atomic mass is 16.1. The number of nitrogens with two attached hydrogens (primary N) is 1. The molecule has 5 nitrogen and oxygen atoms in total. The van der Waals surface area contributed by atoms with E-state index in [4.69, 9.17) is 5.73 Å². The highest BCUT2D eigenvalue weighted by Crippen LogP contribution is 2.12. The van der Waals surface area contributed by atoms with Gasteiger partial charge in [0, 0.05) is 19.1 Å². The van der Waals surface area contributed by atoms with E-state index in [2.05, 4.69) is 15.5 Å². The van der Waals surface area contributed by atoms with Gasteiger partial charge >= 0.3 is 0 Å². The summed E-state index contributed by atoms with van der Waals surface area (Å²) >= 11 is 0. The van der Waals surface area contributed by atoms with E-state index in [-0.39, 0.29) is 11.6 Å². The lowest BCUT2D eigenvalue weighted by Crippen LogP contribution is -2.35. The molecule has 1 aromatic rings. The van der Waals surface area contributed by atoms with Crippen LogP contribution in [0.1, 0.15) is 17.3 Å². The Balaban J connectivity index is 2.56. The van der Waals surface area contributed by atoms with Gasteiger partial charge in [-0.25, -0.2) is 0 Å². The molecule has 1 aliphatic rings. The zero-order chi connectivity index (χ0) is 7.84. The first-order valence-electron chi connectivity index (χ1n) is 3.55. The lowest BCUT2D eigenvalue weighted by atomic mass is 10.1. The van der Waals surface area contributed by atoms with Crippen LogP contribution in [0.5, 0.6) is 0 Å². The fourth-order valence-electron chi connectivity index (χ4n) is 1.39. The van der Waals surface area contributed by atoms with Gasteiger partial charge in [0.15, 0.2) is 0 Å². The maximum absolute atomic E-state index is 11.1. The average Bonchev–Trinajstić information content (AvgIpc) is 2.34. The minimum atomic E-state index is -0.172. The van der Waals surface area contributed by atoms with Crippen molar-refractivity contribution in [3.05, 3.63) is 21.6 Å². The molecule has 1 unspecified atom stereocenters. The van der Waals surface area contributed by atoms with Gasteiger partial charge in [0.1, 0.15) is 0 Å². The molecule has 0 amide bonds. The minimum Gasteiger partial charge on any atom is -0.323 e. The van der Waals surface area contributed by atoms with Crippen LogP contribution >= 0.6 is 0 Å². The van der Waals surface area contributed by atoms with Gasteiger partial charge in [0.05, 0.1) is 11.3 Å². The predicted octanol–water partition coefficient (Wildman–Crippen LogP) is -1.19. The number of hydrogen-bond donors (Lipinski definition) is 4. The van der Waals surface area contributed by atoms with E-state index in [9.17, 15) is 4.79 Å². The largest absolute Gasteiger partial charge is 0.323 e. The van der Waals surface area contributed by atoms with Crippen molar-refractivity contribution in [2.75, 3.05) is 6.54 Å². The third-order valence-corrected chi connectivity index (χ3v) is 1.93. The summed E-state index contributed by atoms with van der Waals surface area (Å²) in [6.45, 7) is 1.37. The normalized spacial score (nSPS) is 23.2. The molecule has 11 heavy (non-hydrogen) atoms. The van der Waals surface area contributed by atoms with E-state index < -0.39 is 0 Å². The second-order valence-corrected chi connectivity index (χ2v) is 2.71. The zero-order valence-corrected chi connectivity index (χ0v) is 5.98. The maximum atomic E-state index is 11.1. The lowest BCUT2D eigenvalue weighted by molar-refractivity contribution is 0.548. The number of nitrogens with one attached hydrogen (secondary N) is 3. The molecule has 60 valence electrons. The Labute approximate surface area is 63.0 Å². The molecule has 2 rings (SSSR count). The third-order valence-electron chi connectivity index (χ3n) is 1.93. The quantitative estimate of drug-likeness (QED) is 0.379. The molecule has 1 atom stereocenters. The first-order chi connectivity index (χ1) is 5.29. The fourth-order valence-corrected chi connectivity index (χ4v) is 1.39. The van der Waals surface area contributed by atoms with Gasteiger partial charge in [0.2, 0.25) is 0 Å². The van der Waals surface area contributed by atoms with Crippen LogP contribution in [-0.4, -0.2) is 16.7 Å². The van der Waals surface area contributed by atoms with Gasteiger partial charge in [-0.15, -0.1) is 0 Å². The van der Waals surface area contributed by atoms with Crippen molar-refractivity contribution >= 4 is 0 Å². The van der Waals surface area contributed by atoms with Gasteiger partial charge in [-0.05, 0) is 0 Å². The van der Waals surface area contributed by atoms with Gasteiger partial charge in [-0.3, -0.25) is 9.89 Å². The number of fused-ring (bicyclic) bond motifs is 1. The highest BCUT2D eigenvalue weighted by molar-refractivity contribution is 5.23. The smallest absolute Gasteiger partial charge is 0.269 e. The molecule has 5 N–H and O–H groups in total. The molecule has 0 radical (unpaired) electrons. The molecule has 1 aliphatic heterocycles. The van der Waals surface area contributed by atoms with E-state index in [0.29, 0.717) is 18.7 Å². The van der Waals surface area contributed by atoms with Crippen LogP contribution in [0.2, 0.25) is 0 Å². The molecule has 1 aromatic heterocycles. The van der Waals surface area contributed by atoms with Crippen LogP contribution in [0, 0.1) is 0 Å². The summed E-state index contributed by atoms with van der Waals surface area (Å²) in [5, 5.41) is 8.37. The van der Waals surface area contributed by atoms with Gasteiger partial charge in [-0.1, -0.05) is 0 Å². The Morgan fingerprint density at radius 1 is 1.45 bits per heavy atom. The Morgan fingerprint density at radius 3 is 3.00 bits per heavy atom. The van der Waals surface area contributed by atoms with Crippen molar-refractivity contribution in [3.8, 4) is 0 Å². The van der Waals surface area contributed by atoms with E-state index in [1.807, 2.05) is 0 Å². The molecule has 5 heteroatoms. The number of aromatic amines is 2. The minimum absolute atomic E-state index is 0.0889. The average molecular weight is 154 g/mol. The lowest BCUT2D eigenvalue weighted by Gasteiger charge is -2.17. The molecular formula is C6H10N4O. The Morgan fingerprint density at radius 2 is 2.27 bits per heavy atom. The van der Waals surface area contributed by atoms with Crippen LogP contribution in [0.25, 0.3) is 0 Å². The van der Waals surface area contributed by atoms with Crippen LogP contribution < -0.4 is 16.6 Å². The van der Waals surface area contributed by atoms with Gasteiger partial charge < -0.3 is 16.1 Å². The van der Waals surface area contributed by atoms with Gasteiger partial charge in [-0.2, -0.15) is 0 Å². The van der Waals surface area contributed by atoms with Crippen molar-refractivity contribution in [1.82, 2.24) is 15.5 Å². The SMILES string of the molecule is NC1CNCc2[nH][nH]c(=O)c21. The predicted molar refractivity (Wildman–Crippen MR) is 40.0 cm³/mol. The summed E-state index contributed by atoms with van der Waals surface area (Å²) in [5.41, 5.74) is 7.18. The monoisotopic (exact) mass is 154 g/mol. The third kappa shape index (κ3) is 0.892. The molecule has 0 saturated carbocycles. The summed E-state index contributed by atoms with van der Waals surface area (Å²) < 4.78 is 0. The van der Waals surface area contributed by atoms with Crippen molar-refractivity contribution in [3.63, 3.8) is 0 Å². The van der Waals surface area contributed by atoms with Crippen LogP contribution in [0.3, 0.4) is 0 Å². The van der Waals surface area contributed by atoms with Crippen LogP contribution in [0.15, 0.2) is 4.79 Å². The summed E-state index contributed by atoms with van der Waals surface area (Å²) in [6.07, 6.45) is 0. The van der Waals surface area contributed by atoms with E-state index in [0.717, 1.165) is 5.69 Å². The van der Waals surface area contributed by atoms with Crippen molar-refractivity contribution in [1.29, 1.82) is 0 Å². The Hall–Kier alpha value is -1.07. The number of aromatic nitrogens is 2. The first-order valence-corrected chi connectivity index (χ1v) is 3.55. The zero-order valence-electron chi connectivity index (χ0n) is 5.98. The molecule has 0 saturated heterocycles.